The Morgan fingerprint density at radius 1 is 1.04 bits per heavy atom. The van der Waals surface area contributed by atoms with E-state index >= 15 is 0 Å². The highest BCUT2D eigenvalue weighted by molar-refractivity contribution is 5.99. The molecule has 1 aliphatic carbocycles. The number of nitro groups is 1. The fraction of sp³-hybridized carbons (Fsp3) is 0.200. The summed E-state index contributed by atoms with van der Waals surface area (Å²) in [6.45, 7) is 0. The highest BCUT2D eigenvalue weighted by atomic mass is 16.6. The Kier molecular flexibility index (Phi) is 4.08. The minimum absolute atomic E-state index is 0.0120. The normalized spacial score (nSPS) is 13.5. The number of Topliss-reactive ketones (excluding diaryl/α,β-unsaturated/α-hetero) is 1. The predicted molar refractivity (Wildman–Crippen MR) is 96.7 cm³/mol. The van der Waals surface area contributed by atoms with Crippen LogP contribution in [-0.2, 0) is 12.8 Å². The molecular weight excluding hydrogens is 330 g/mol. The standard InChI is InChI=1S/C20H17N3O3/c24-19-12-6-11-18-20(19)15(13-14-7-2-1-3-8-14)21-22(18)16-9-4-5-10-17(16)23(25)26/h1-5,7-10H,6,11-13H2. The van der Waals surface area contributed by atoms with Crippen LogP contribution in [0.5, 0.6) is 0 Å². The molecule has 1 aromatic heterocycles. The topological polar surface area (TPSA) is 78.0 Å². The largest absolute Gasteiger partial charge is 0.294 e. The molecule has 0 aliphatic heterocycles. The highest BCUT2D eigenvalue weighted by Crippen LogP contribution is 2.31. The first-order valence-electron chi connectivity index (χ1n) is 8.57. The van der Waals surface area contributed by atoms with Gasteiger partial charge in [0.25, 0.3) is 5.69 Å². The van der Waals surface area contributed by atoms with Crippen molar-refractivity contribution < 1.29 is 9.72 Å². The lowest BCUT2D eigenvalue weighted by Crippen LogP contribution is -2.14. The van der Waals surface area contributed by atoms with Gasteiger partial charge < -0.3 is 0 Å². The third-order valence-electron chi connectivity index (χ3n) is 4.67. The molecule has 6 nitrogen and oxygen atoms in total. The summed E-state index contributed by atoms with van der Waals surface area (Å²) in [7, 11) is 0. The lowest BCUT2D eigenvalue weighted by atomic mass is 9.92. The van der Waals surface area contributed by atoms with Gasteiger partial charge in [-0.1, -0.05) is 42.5 Å². The molecular formula is C20H17N3O3. The Labute approximate surface area is 150 Å². The monoisotopic (exact) mass is 347 g/mol. The summed E-state index contributed by atoms with van der Waals surface area (Å²) in [4.78, 5) is 23.6. The second kappa shape index (κ2) is 6.55. The zero-order valence-electron chi connectivity index (χ0n) is 14.1. The molecule has 0 N–H and O–H groups in total. The maximum absolute atomic E-state index is 12.6. The van der Waals surface area contributed by atoms with Crippen LogP contribution in [0.4, 0.5) is 5.69 Å². The van der Waals surface area contributed by atoms with E-state index in [2.05, 4.69) is 5.10 Å². The lowest BCUT2D eigenvalue weighted by molar-refractivity contribution is -0.384. The number of carbonyl (C=O) groups excluding carboxylic acids is 1. The molecule has 4 rings (SSSR count). The van der Waals surface area contributed by atoms with Crippen LogP contribution in [-0.4, -0.2) is 20.5 Å². The van der Waals surface area contributed by atoms with Gasteiger partial charge in [-0.2, -0.15) is 5.10 Å². The molecule has 0 spiro atoms. The molecule has 6 heteroatoms. The van der Waals surface area contributed by atoms with Crippen LogP contribution in [0.2, 0.25) is 0 Å². The molecule has 1 heterocycles. The van der Waals surface area contributed by atoms with Gasteiger partial charge in [-0.25, -0.2) is 4.68 Å². The number of rotatable bonds is 4. The number of ketones is 1. The predicted octanol–water partition coefficient (Wildman–Crippen LogP) is 3.89. The lowest BCUT2D eigenvalue weighted by Gasteiger charge is -2.13. The molecule has 0 radical (unpaired) electrons. The Morgan fingerprint density at radius 2 is 1.77 bits per heavy atom. The summed E-state index contributed by atoms with van der Waals surface area (Å²) < 4.78 is 1.60. The molecule has 0 bridgehead atoms. The second-order valence-corrected chi connectivity index (χ2v) is 6.37. The number of nitro benzene ring substituents is 1. The maximum Gasteiger partial charge on any atom is 0.294 e. The number of para-hydroxylation sites is 2. The van der Waals surface area contributed by atoms with E-state index in [1.165, 1.54) is 6.07 Å². The van der Waals surface area contributed by atoms with Crippen molar-refractivity contribution in [2.75, 3.05) is 0 Å². The van der Waals surface area contributed by atoms with Crippen LogP contribution in [0.3, 0.4) is 0 Å². The summed E-state index contributed by atoms with van der Waals surface area (Å²) in [5, 5.41) is 16.1. The summed E-state index contributed by atoms with van der Waals surface area (Å²) in [5.41, 5.74) is 3.56. The van der Waals surface area contributed by atoms with Gasteiger partial charge in [0.2, 0.25) is 0 Å². The summed E-state index contributed by atoms with van der Waals surface area (Å²) in [6.07, 6.45) is 2.46. The van der Waals surface area contributed by atoms with Gasteiger partial charge in [-0.05, 0) is 24.5 Å². The van der Waals surface area contributed by atoms with Gasteiger partial charge in [0.15, 0.2) is 5.78 Å². The molecule has 0 unspecified atom stereocenters. The zero-order valence-corrected chi connectivity index (χ0v) is 14.1. The van der Waals surface area contributed by atoms with Crippen LogP contribution in [0.15, 0.2) is 54.6 Å². The molecule has 26 heavy (non-hydrogen) atoms. The quantitative estimate of drug-likeness (QED) is 0.530. The van der Waals surface area contributed by atoms with Gasteiger partial charge in [-0.15, -0.1) is 0 Å². The van der Waals surface area contributed by atoms with Crippen molar-refractivity contribution in [1.82, 2.24) is 9.78 Å². The number of nitrogens with zero attached hydrogens (tertiary/aromatic N) is 3. The van der Waals surface area contributed by atoms with E-state index in [9.17, 15) is 14.9 Å². The highest BCUT2D eigenvalue weighted by Gasteiger charge is 2.29. The van der Waals surface area contributed by atoms with E-state index in [1.54, 1.807) is 22.9 Å². The molecule has 0 amide bonds. The van der Waals surface area contributed by atoms with Crippen molar-refractivity contribution in [2.45, 2.75) is 25.7 Å². The Morgan fingerprint density at radius 3 is 2.54 bits per heavy atom. The molecule has 0 saturated carbocycles. The number of aromatic nitrogens is 2. The van der Waals surface area contributed by atoms with Crippen LogP contribution < -0.4 is 0 Å². The van der Waals surface area contributed by atoms with Gasteiger partial charge in [0.1, 0.15) is 5.69 Å². The SMILES string of the molecule is O=C1CCCc2c1c(Cc1ccccc1)nn2-c1ccccc1[N+](=O)[O-]. The fourth-order valence-corrected chi connectivity index (χ4v) is 3.51. The Hall–Kier alpha value is -3.28. The van der Waals surface area contributed by atoms with Crippen LogP contribution in [0, 0.1) is 10.1 Å². The molecule has 1 aliphatic rings. The molecule has 2 aromatic carbocycles. The number of benzene rings is 2. The maximum atomic E-state index is 12.6. The van der Waals surface area contributed by atoms with E-state index in [1.807, 2.05) is 30.3 Å². The van der Waals surface area contributed by atoms with E-state index in [-0.39, 0.29) is 11.5 Å². The average molecular weight is 347 g/mol. The van der Waals surface area contributed by atoms with Crippen molar-refractivity contribution in [3.63, 3.8) is 0 Å². The first-order valence-corrected chi connectivity index (χ1v) is 8.57. The molecule has 0 fully saturated rings. The summed E-state index contributed by atoms with van der Waals surface area (Å²) in [5.74, 6) is 0.0713. The molecule has 3 aromatic rings. The van der Waals surface area contributed by atoms with Gasteiger partial charge in [0.05, 0.1) is 21.9 Å². The third kappa shape index (κ3) is 2.79. The first-order chi connectivity index (χ1) is 12.6. The fourth-order valence-electron chi connectivity index (χ4n) is 3.51. The van der Waals surface area contributed by atoms with E-state index in [0.717, 1.165) is 17.7 Å². The first kappa shape index (κ1) is 16.2. The number of carbonyl (C=O) groups is 1. The minimum atomic E-state index is -0.412. The van der Waals surface area contributed by atoms with E-state index in [0.29, 0.717) is 36.2 Å². The number of hydrogen-bond donors (Lipinski definition) is 0. The van der Waals surface area contributed by atoms with Crippen molar-refractivity contribution in [3.8, 4) is 5.69 Å². The molecule has 130 valence electrons. The molecule has 0 atom stereocenters. The van der Waals surface area contributed by atoms with Crippen molar-refractivity contribution in [2.24, 2.45) is 0 Å². The minimum Gasteiger partial charge on any atom is -0.294 e. The van der Waals surface area contributed by atoms with Gasteiger partial charge >= 0.3 is 0 Å². The number of hydrogen-bond acceptors (Lipinski definition) is 4. The van der Waals surface area contributed by atoms with Gasteiger partial charge in [-0.3, -0.25) is 14.9 Å². The van der Waals surface area contributed by atoms with Crippen LogP contribution in [0.25, 0.3) is 5.69 Å². The molecule has 0 saturated heterocycles. The van der Waals surface area contributed by atoms with E-state index < -0.39 is 4.92 Å². The van der Waals surface area contributed by atoms with E-state index in [4.69, 9.17) is 0 Å². The van der Waals surface area contributed by atoms with Crippen molar-refractivity contribution >= 4 is 11.5 Å². The number of fused-ring (bicyclic) bond motifs is 1. The average Bonchev–Trinajstić information content (AvgIpc) is 3.02. The second-order valence-electron chi connectivity index (χ2n) is 6.37. The van der Waals surface area contributed by atoms with Crippen LogP contribution in [0.1, 0.15) is 40.2 Å². The smallest absolute Gasteiger partial charge is 0.294 e. The zero-order chi connectivity index (χ0) is 18.1. The van der Waals surface area contributed by atoms with Crippen LogP contribution >= 0.6 is 0 Å². The summed E-state index contributed by atoms with van der Waals surface area (Å²) >= 11 is 0. The summed E-state index contributed by atoms with van der Waals surface area (Å²) in [6, 6.07) is 16.3. The Balaban J connectivity index is 1.88. The third-order valence-corrected chi connectivity index (χ3v) is 4.67. The van der Waals surface area contributed by atoms with Crippen molar-refractivity contribution in [3.05, 3.63) is 87.2 Å². The van der Waals surface area contributed by atoms with Gasteiger partial charge in [0, 0.05) is 18.9 Å². The Bertz CT molecular complexity index is 993. The van der Waals surface area contributed by atoms with Crippen molar-refractivity contribution in [1.29, 1.82) is 0 Å².